The van der Waals surface area contributed by atoms with E-state index in [-0.39, 0.29) is 5.91 Å². The lowest BCUT2D eigenvalue weighted by Crippen LogP contribution is -2.26. The molecular weight excluding hydrogens is 312 g/mol. The van der Waals surface area contributed by atoms with Gasteiger partial charge in [-0.1, -0.05) is 35.9 Å². The van der Waals surface area contributed by atoms with Gasteiger partial charge in [-0.25, -0.2) is 4.98 Å². The number of hydrogen-bond acceptors (Lipinski definition) is 3. The SMILES string of the molecule is Cc1ccc(C(=O)NCCc2nc(-c3ccccc3)oc2C)c(C)c1. The molecular formula is C21H22N2O2. The molecule has 1 aromatic heterocycles. The molecule has 4 heteroatoms. The lowest BCUT2D eigenvalue weighted by Gasteiger charge is -2.07. The summed E-state index contributed by atoms with van der Waals surface area (Å²) in [7, 11) is 0. The molecule has 0 saturated heterocycles. The van der Waals surface area contributed by atoms with Crippen LogP contribution in [0.1, 0.15) is 32.9 Å². The molecule has 2 aromatic carbocycles. The highest BCUT2D eigenvalue weighted by Crippen LogP contribution is 2.21. The third-order valence-corrected chi connectivity index (χ3v) is 4.19. The van der Waals surface area contributed by atoms with Gasteiger partial charge in [-0.2, -0.15) is 0 Å². The van der Waals surface area contributed by atoms with Crippen molar-refractivity contribution in [1.29, 1.82) is 0 Å². The van der Waals surface area contributed by atoms with Gasteiger partial charge in [-0.3, -0.25) is 4.79 Å². The predicted molar refractivity (Wildman–Crippen MR) is 98.6 cm³/mol. The number of benzene rings is 2. The van der Waals surface area contributed by atoms with Crippen LogP contribution in [0, 0.1) is 20.8 Å². The van der Waals surface area contributed by atoms with Crippen LogP contribution in [0.2, 0.25) is 0 Å². The van der Waals surface area contributed by atoms with Crippen molar-refractivity contribution in [3.8, 4) is 11.5 Å². The van der Waals surface area contributed by atoms with E-state index in [2.05, 4.69) is 10.3 Å². The van der Waals surface area contributed by atoms with Crippen molar-refractivity contribution >= 4 is 5.91 Å². The second kappa shape index (κ2) is 7.34. The number of nitrogens with one attached hydrogen (secondary N) is 1. The Hall–Kier alpha value is -2.88. The maximum atomic E-state index is 12.3. The number of carbonyl (C=O) groups excluding carboxylic acids is 1. The molecule has 0 bridgehead atoms. The Morgan fingerprint density at radius 2 is 1.84 bits per heavy atom. The minimum atomic E-state index is -0.0538. The van der Waals surface area contributed by atoms with Gasteiger partial charge in [-0.15, -0.1) is 0 Å². The van der Waals surface area contributed by atoms with Crippen LogP contribution in [0.4, 0.5) is 0 Å². The fourth-order valence-corrected chi connectivity index (χ4v) is 2.82. The zero-order chi connectivity index (χ0) is 17.8. The van der Waals surface area contributed by atoms with Gasteiger partial charge in [-0.05, 0) is 44.5 Å². The third-order valence-electron chi connectivity index (χ3n) is 4.19. The van der Waals surface area contributed by atoms with Crippen LogP contribution < -0.4 is 5.32 Å². The molecule has 0 spiro atoms. The highest BCUT2D eigenvalue weighted by molar-refractivity contribution is 5.95. The first-order chi connectivity index (χ1) is 12.0. The van der Waals surface area contributed by atoms with E-state index < -0.39 is 0 Å². The minimum Gasteiger partial charge on any atom is -0.441 e. The summed E-state index contributed by atoms with van der Waals surface area (Å²) in [6, 6.07) is 15.7. The van der Waals surface area contributed by atoms with Crippen LogP contribution in [0.25, 0.3) is 11.5 Å². The summed E-state index contributed by atoms with van der Waals surface area (Å²) in [5.41, 5.74) is 4.69. The van der Waals surface area contributed by atoms with E-state index in [1.807, 2.05) is 69.3 Å². The average Bonchev–Trinajstić information content (AvgIpc) is 2.96. The molecule has 0 fully saturated rings. The summed E-state index contributed by atoms with van der Waals surface area (Å²) in [5, 5.41) is 2.96. The first-order valence-electron chi connectivity index (χ1n) is 8.42. The number of aryl methyl sites for hydroxylation is 3. The van der Waals surface area contributed by atoms with Gasteiger partial charge in [0.2, 0.25) is 5.89 Å². The van der Waals surface area contributed by atoms with E-state index in [1.54, 1.807) is 0 Å². The molecule has 4 nitrogen and oxygen atoms in total. The quantitative estimate of drug-likeness (QED) is 0.759. The smallest absolute Gasteiger partial charge is 0.251 e. The Bertz CT molecular complexity index is 882. The number of hydrogen-bond donors (Lipinski definition) is 1. The summed E-state index contributed by atoms with van der Waals surface area (Å²) >= 11 is 0. The van der Waals surface area contributed by atoms with E-state index >= 15 is 0 Å². The van der Waals surface area contributed by atoms with Gasteiger partial charge < -0.3 is 9.73 Å². The zero-order valence-electron chi connectivity index (χ0n) is 14.8. The van der Waals surface area contributed by atoms with Crippen LogP contribution in [-0.4, -0.2) is 17.4 Å². The number of oxazole rings is 1. The lowest BCUT2D eigenvalue weighted by molar-refractivity contribution is 0.0953. The second-order valence-corrected chi connectivity index (χ2v) is 6.21. The molecule has 25 heavy (non-hydrogen) atoms. The van der Waals surface area contributed by atoms with Crippen molar-refractivity contribution in [1.82, 2.24) is 10.3 Å². The van der Waals surface area contributed by atoms with Crippen molar-refractivity contribution in [3.63, 3.8) is 0 Å². The van der Waals surface area contributed by atoms with Crippen molar-refractivity contribution < 1.29 is 9.21 Å². The predicted octanol–water partition coefficient (Wildman–Crippen LogP) is 4.24. The summed E-state index contributed by atoms with van der Waals surface area (Å²) in [6.45, 7) is 6.40. The Morgan fingerprint density at radius 3 is 2.56 bits per heavy atom. The molecule has 128 valence electrons. The molecule has 1 amide bonds. The Morgan fingerprint density at radius 1 is 1.08 bits per heavy atom. The Labute approximate surface area is 147 Å². The topological polar surface area (TPSA) is 55.1 Å². The molecule has 0 aliphatic rings. The average molecular weight is 334 g/mol. The van der Waals surface area contributed by atoms with E-state index in [0.29, 0.717) is 24.4 Å². The standard InChI is InChI=1S/C21H22N2O2/c1-14-9-10-18(15(2)13-14)20(24)22-12-11-19-16(3)25-21(23-19)17-7-5-4-6-8-17/h4-10,13H,11-12H2,1-3H3,(H,22,24). The fraction of sp³-hybridized carbons (Fsp3) is 0.238. The van der Waals surface area contributed by atoms with E-state index in [9.17, 15) is 4.79 Å². The molecule has 0 saturated carbocycles. The molecule has 3 rings (SSSR count). The Balaban J connectivity index is 1.62. The van der Waals surface area contributed by atoms with E-state index in [0.717, 1.165) is 28.1 Å². The van der Waals surface area contributed by atoms with Crippen LogP contribution in [-0.2, 0) is 6.42 Å². The van der Waals surface area contributed by atoms with E-state index in [1.165, 1.54) is 0 Å². The first kappa shape index (κ1) is 17.0. The maximum absolute atomic E-state index is 12.3. The molecule has 3 aromatic rings. The van der Waals surface area contributed by atoms with Crippen LogP contribution in [0.15, 0.2) is 52.9 Å². The fourth-order valence-electron chi connectivity index (χ4n) is 2.82. The zero-order valence-corrected chi connectivity index (χ0v) is 14.8. The third kappa shape index (κ3) is 3.97. The van der Waals surface area contributed by atoms with Gasteiger partial charge in [0, 0.05) is 24.1 Å². The monoisotopic (exact) mass is 334 g/mol. The first-order valence-corrected chi connectivity index (χ1v) is 8.42. The number of carbonyl (C=O) groups is 1. The summed E-state index contributed by atoms with van der Waals surface area (Å²) in [5.74, 6) is 1.36. The molecule has 1 heterocycles. The van der Waals surface area contributed by atoms with Crippen molar-refractivity contribution in [3.05, 3.63) is 76.7 Å². The largest absolute Gasteiger partial charge is 0.441 e. The minimum absolute atomic E-state index is 0.0538. The number of amides is 1. The molecule has 1 N–H and O–H groups in total. The normalized spacial score (nSPS) is 10.7. The number of nitrogens with zero attached hydrogens (tertiary/aromatic N) is 1. The molecule has 0 aliphatic heterocycles. The van der Waals surface area contributed by atoms with Crippen LogP contribution in [0.5, 0.6) is 0 Å². The van der Waals surface area contributed by atoms with Crippen LogP contribution >= 0.6 is 0 Å². The van der Waals surface area contributed by atoms with Gasteiger partial charge in [0.25, 0.3) is 5.91 Å². The summed E-state index contributed by atoms with van der Waals surface area (Å²) in [6.07, 6.45) is 0.638. The summed E-state index contributed by atoms with van der Waals surface area (Å²) in [4.78, 5) is 16.9. The van der Waals surface area contributed by atoms with Gasteiger partial charge in [0.15, 0.2) is 0 Å². The van der Waals surface area contributed by atoms with E-state index in [4.69, 9.17) is 4.42 Å². The highest BCUT2D eigenvalue weighted by Gasteiger charge is 2.12. The lowest BCUT2D eigenvalue weighted by atomic mass is 10.1. The maximum Gasteiger partial charge on any atom is 0.251 e. The molecule has 0 radical (unpaired) electrons. The number of rotatable bonds is 5. The molecule has 0 atom stereocenters. The van der Waals surface area contributed by atoms with Crippen molar-refractivity contribution in [2.75, 3.05) is 6.54 Å². The number of aromatic nitrogens is 1. The molecule has 0 aliphatic carbocycles. The second-order valence-electron chi connectivity index (χ2n) is 6.21. The van der Waals surface area contributed by atoms with Crippen molar-refractivity contribution in [2.24, 2.45) is 0 Å². The van der Waals surface area contributed by atoms with Crippen molar-refractivity contribution in [2.45, 2.75) is 27.2 Å². The van der Waals surface area contributed by atoms with Gasteiger partial charge in [0.05, 0.1) is 5.69 Å². The molecule has 0 unspecified atom stereocenters. The highest BCUT2D eigenvalue weighted by atomic mass is 16.4. The van der Waals surface area contributed by atoms with Crippen LogP contribution in [0.3, 0.4) is 0 Å². The summed E-state index contributed by atoms with van der Waals surface area (Å²) < 4.78 is 5.75. The van der Waals surface area contributed by atoms with Gasteiger partial charge in [0.1, 0.15) is 5.76 Å². The van der Waals surface area contributed by atoms with Gasteiger partial charge >= 0.3 is 0 Å². The Kier molecular flexibility index (Phi) is 4.98.